The molecule has 84 valence electrons. The Morgan fingerprint density at radius 3 is 2.27 bits per heavy atom. The Morgan fingerprint density at radius 2 is 1.60 bits per heavy atom. The Bertz CT molecular complexity index is 246. The van der Waals surface area contributed by atoms with Crippen molar-refractivity contribution in [3.8, 4) is 0 Å². The highest BCUT2D eigenvalue weighted by Gasteiger charge is 2.05. The fourth-order valence-electron chi connectivity index (χ4n) is 1.64. The molecule has 0 saturated heterocycles. The smallest absolute Gasteiger partial charge is 0.0790 e. The molecule has 2 nitrogen and oxygen atoms in total. The van der Waals surface area contributed by atoms with E-state index in [1.54, 1.807) is 0 Å². The van der Waals surface area contributed by atoms with E-state index >= 15 is 0 Å². The maximum Gasteiger partial charge on any atom is 0.0790 e. The van der Waals surface area contributed by atoms with Gasteiger partial charge in [-0.25, -0.2) is 0 Å². The molecule has 1 rings (SSSR count). The zero-order valence-electron chi connectivity index (χ0n) is 9.10. The van der Waals surface area contributed by atoms with E-state index in [0.29, 0.717) is 0 Å². The lowest BCUT2D eigenvalue weighted by Crippen LogP contribution is -1.97. The molecule has 0 aliphatic rings. The van der Waals surface area contributed by atoms with Crippen molar-refractivity contribution in [2.24, 2.45) is 0 Å². The third-order valence-electron chi connectivity index (χ3n) is 2.57. The number of unbranched alkanes of at least 4 members (excludes halogenated alkanes) is 3. The van der Waals surface area contributed by atoms with Gasteiger partial charge in [-0.3, -0.25) is 0 Å². The van der Waals surface area contributed by atoms with Gasteiger partial charge in [0, 0.05) is 6.61 Å². The van der Waals surface area contributed by atoms with Crippen LogP contribution in [0.2, 0.25) is 0 Å². The van der Waals surface area contributed by atoms with Gasteiger partial charge >= 0.3 is 0 Å². The largest absolute Gasteiger partial charge is 0.396 e. The molecule has 2 heteroatoms. The quantitative estimate of drug-likeness (QED) is 0.676. The van der Waals surface area contributed by atoms with Gasteiger partial charge in [-0.05, 0) is 18.4 Å². The highest BCUT2D eigenvalue weighted by atomic mass is 16.3. The molecule has 0 bridgehead atoms. The standard InChI is InChI=1S/C13H20O2/c14-11-7-2-1-6-10-13(15)12-8-4-3-5-9-12/h3-5,8-9,13-15H,1-2,6-7,10-11H2/t13-/m1/s1. The molecule has 15 heavy (non-hydrogen) atoms. The summed E-state index contributed by atoms with van der Waals surface area (Å²) in [6.45, 7) is 0.279. The van der Waals surface area contributed by atoms with E-state index in [2.05, 4.69) is 0 Å². The molecule has 0 aliphatic carbocycles. The summed E-state index contributed by atoms with van der Waals surface area (Å²) in [5.74, 6) is 0. The monoisotopic (exact) mass is 208 g/mol. The van der Waals surface area contributed by atoms with E-state index in [1.807, 2.05) is 30.3 Å². The van der Waals surface area contributed by atoms with Crippen LogP contribution in [0.1, 0.15) is 43.8 Å². The molecule has 0 aromatic heterocycles. The van der Waals surface area contributed by atoms with Gasteiger partial charge < -0.3 is 10.2 Å². The lowest BCUT2D eigenvalue weighted by atomic mass is 10.0. The van der Waals surface area contributed by atoms with Crippen molar-refractivity contribution in [2.75, 3.05) is 6.61 Å². The van der Waals surface area contributed by atoms with Crippen LogP contribution in [0.5, 0.6) is 0 Å². The minimum atomic E-state index is -0.333. The van der Waals surface area contributed by atoms with Crippen LogP contribution in [-0.4, -0.2) is 16.8 Å². The Morgan fingerprint density at radius 1 is 0.933 bits per heavy atom. The zero-order chi connectivity index (χ0) is 10.9. The van der Waals surface area contributed by atoms with Gasteiger partial charge in [0.15, 0.2) is 0 Å². The maximum atomic E-state index is 9.83. The number of hydrogen-bond donors (Lipinski definition) is 2. The van der Waals surface area contributed by atoms with E-state index in [0.717, 1.165) is 37.7 Å². The molecule has 0 aliphatic heterocycles. The van der Waals surface area contributed by atoms with Crippen molar-refractivity contribution in [2.45, 2.75) is 38.2 Å². The van der Waals surface area contributed by atoms with E-state index in [4.69, 9.17) is 5.11 Å². The van der Waals surface area contributed by atoms with Gasteiger partial charge in [-0.15, -0.1) is 0 Å². The molecule has 2 N–H and O–H groups in total. The van der Waals surface area contributed by atoms with E-state index in [-0.39, 0.29) is 12.7 Å². The van der Waals surface area contributed by atoms with Gasteiger partial charge in [0.2, 0.25) is 0 Å². The second-order valence-corrected chi connectivity index (χ2v) is 3.85. The van der Waals surface area contributed by atoms with Crippen molar-refractivity contribution in [1.82, 2.24) is 0 Å². The summed E-state index contributed by atoms with van der Waals surface area (Å²) in [6, 6.07) is 9.77. The molecule has 0 fully saturated rings. The molecular weight excluding hydrogens is 188 g/mol. The zero-order valence-corrected chi connectivity index (χ0v) is 9.10. The molecule has 0 heterocycles. The summed E-state index contributed by atoms with van der Waals surface area (Å²) in [4.78, 5) is 0. The Kier molecular flexibility index (Phi) is 6.05. The van der Waals surface area contributed by atoms with Gasteiger partial charge in [0.05, 0.1) is 6.10 Å². The van der Waals surface area contributed by atoms with Crippen LogP contribution in [0.25, 0.3) is 0 Å². The Hall–Kier alpha value is -0.860. The highest BCUT2D eigenvalue weighted by Crippen LogP contribution is 2.19. The molecule has 0 unspecified atom stereocenters. The SMILES string of the molecule is OCCCCCC[C@@H](O)c1ccccc1. The average Bonchev–Trinajstić information content (AvgIpc) is 2.30. The number of hydrogen-bond acceptors (Lipinski definition) is 2. The van der Waals surface area contributed by atoms with E-state index < -0.39 is 0 Å². The summed E-state index contributed by atoms with van der Waals surface area (Å²) < 4.78 is 0. The Labute approximate surface area is 91.6 Å². The first-order valence-electron chi connectivity index (χ1n) is 5.68. The molecule has 0 amide bonds. The molecule has 0 saturated carbocycles. The topological polar surface area (TPSA) is 40.5 Å². The predicted molar refractivity (Wildman–Crippen MR) is 61.6 cm³/mol. The van der Waals surface area contributed by atoms with Crippen LogP contribution in [0.4, 0.5) is 0 Å². The Balaban J connectivity index is 2.16. The second kappa shape index (κ2) is 7.43. The van der Waals surface area contributed by atoms with Crippen LogP contribution in [0.15, 0.2) is 30.3 Å². The summed E-state index contributed by atoms with van der Waals surface area (Å²) in [5.41, 5.74) is 1.000. The van der Waals surface area contributed by atoms with E-state index in [1.165, 1.54) is 0 Å². The molecule has 0 radical (unpaired) electrons. The van der Waals surface area contributed by atoms with Crippen molar-refractivity contribution in [3.05, 3.63) is 35.9 Å². The lowest BCUT2D eigenvalue weighted by molar-refractivity contribution is 0.163. The van der Waals surface area contributed by atoms with Gasteiger partial charge in [-0.2, -0.15) is 0 Å². The van der Waals surface area contributed by atoms with Crippen LogP contribution in [0, 0.1) is 0 Å². The van der Waals surface area contributed by atoms with Crippen LogP contribution in [0.3, 0.4) is 0 Å². The first kappa shape index (κ1) is 12.2. The van der Waals surface area contributed by atoms with Crippen molar-refractivity contribution in [1.29, 1.82) is 0 Å². The van der Waals surface area contributed by atoms with Gasteiger partial charge in [0.25, 0.3) is 0 Å². The normalized spacial score (nSPS) is 12.7. The molecular formula is C13H20O2. The van der Waals surface area contributed by atoms with E-state index in [9.17, 15) is 5.11 Å². The first-order valence-corrected chi connectivity index (χ1v) is 5.68. The third kappa shape index (κ3) is 4.96. The molecule has 0 spiro atoms. The summed E-state index contributed by atoms with van der Waals surface area (Å²) in [7, 11) is 0. The minimum absolute atomic E-state index is 0.279. The van der Waals surface area contributed by atoms with Crippen LogP contribution in [-0.2, 0) is 0 Å². The first-order chi connectivity index (χ1) is 7.34. The number of aliphatic hydroxyl groups excluding tert-OH is 2. The average molecular weight is 208 g/mol. The van der Waals surface area contributed by atoms with Crippen LogP contribution < -0.4 is 0 Å². The molecule has 1 aromatic rings. The fraction of sp³-hybridized carbons (Fsp3) is 0.538. The third-order valence-corrected chi connectivity index (χ3v) is 2.57. The van der Waals surface area contributed by atoms with Gasteiger partial charge in [0.1, 0.15) is 0 Å². The molecule has 1 atom stereocenters. The number of benzene rings is 1. The minimum Gasteiger partial charge on any atom is -0.396 e. The summed E-state index contributed by atoms with van der Waals surface area (Å²) in [6.07, 6.45) is 4.52. The summed E-state index contributed by atoms with van der Waals surface area (Å²) in [5, 5.41) is 18.4. The maximum absolute atomic E-state index is 9.83. The summed E-state index contributed by atoms with van der Waals surface area (Å²) >= 11 is 0. The predicted octanol–water partition coefficient (Wildman–Crippen LogP) is 2.66. The van der Waals surface area contributed by atoms with Gasteiger partial charge in [-0.1, -0.05) is 49.6 Å². The van der Waals surface area contributed by atoms with Crippen molar-refractivity contribution >= 4 is 0 Å². The van der Waals surface area contributed by atoms with Crippen molar-refractivity contribution in [3.63, 3.8) is 0 Å². The lowest BCUT2D eigenvalue weighted by Gasteiger charge is -2.10. The number of rotatable bonds is 7. The number of aliphatic hydroxyl groups is 2. The highest BCUT2D eigenvalue weighted by molar-refractivity contribution is 5.16. The van der Waals surface area contributed by atoms with Crippen LogP contribution >= 0.6 is 0 Å². The van der Waals surface area contributed by atoms with Crippen molar-refractivity contribution < 1.29 is 10.2 Å². The molecule has 1 aromatic carbocycles. The second-order valence-electron chi connectivity index (χ2n) is 3.85. The fourth-order valence-corrected chi connectivity index (χ4v) is 1.64.